The predicted molar refractivity (Wildman–Crippen MR) is 186 cm³/mol. The van der Waals surface area contributed by atoms with Crippen LogP contribution in [0, 0.1) is 5.92 Å². The smallest absolute Gasteiger partial charge is 0.316 e. The maximum absolute atomic E-state index is 13.2. The Hall–Kier alpha value is -3.72. The third-order valence-electron chi connectivity index (χ3n) is 11.2. The summed E-state index contributed by atoms with van der Waals surface area (Å²) in [7, 11) is 0. The van der Waals surface area contributed by atoms with Gasteiger partial charge >= 0.3 is 12.0 Å². The predicted octanol–water partition coefficient (Wildman–Crippen LogP) is 5.87. The Balaban J connectivity index is 0.940. The van der Waals surface area contributed by atoms with E-state index in [0.29, 0.717) is 18.0 Å². The van der Waals surface area contributed by atoms with E-state index in [-0.39, 0.29) is 30.8 Å². The first-order chi connectivity index (χ1) is 23.3. The van der Waals surface area contributed by atoms with Gasteiger partial charge in [-0.3, -0.25) is 9.69 Å². The Morgan fingerprint density at radius 3 is 1.92 bits per heavy atom. The lowest BCUT2D eigenvalue weighted by atomic mass is 9.81. The number of aliphatic hydroxyl groups excluding tert-OH is 1. The Bertz CT molecular complexity index is 1410. The summed E-state index contributed by atoms with van der Waals surface area (Å²) in [6.45, 7) is 2.67. The first kappa shape index (κ1) is 34.2. The number of carbonyl (C=O) groups is 2. The van der Waals surface area contributed by atoms with Crippen LogP contribution in [0.3, 0.4) is 0 Å². The van der Waals surface area contributed by atoms with Crippen LogP contribution in [0.4, 0.5) is 4.79 Å². The molecule has 1 aliphatic carbocycles. The number of benzene rings is 3. The molecule has 3 fully saturated rings. The van der Waals surface area contributed by atoms with Crippen molar-refractivity contribution in [1.29, 1.82) is 0 Å². The van der Waals surface area contributed by atoms with Crippen molar-refractivity contribution in [1.82, 2.24) is 15.5 Å². The van der Waals surface area contributed by atoms with Crippen molar-refractivity contribution >= 4 is 12.0 Å². The number of rotatable bonds is 12. The molecular formula is C40H51N3O5. The van der Waals surface area contributed by atoms with E-state index in [9.17, 15) is 19.8 Å². The summed E-state index contributed by atoms with van der Waals surface area (Å²) in [4.78, 5) is 28.8. The van der Waals surface area contributed by atoms with Crippen LogP contribution in [-0.2, 0) is 15.1 Å². The van der Waals surface area contributed by atoms with Gasteiger partial charge in [-0.05, 0) is 81.0 Å². The largest absolute Gasteiger partial charge is 0.462 e. The number of ether oxygens (including phenoxy) is 1. The molecule has 48 heavy (non-hydrogen) atoms. The van der Waals surface area contributed by atoms with Crippen LogP contribution in [0.15, 0.2) is 91.0 Å². The molecule has 2 amide bonds. The standard InChI is InChI=1S/C40H51N3O5/c1-28(40(47,31-13-7-3-8-14-31)32-15-9-4-10-16-32)41-39(46)42-33-19-17-29(18-20-33)23-24-43-34-21-22-35(43)26-36(25-34)48-38(45)37(27-44)30-11-5-2-6-12-30/h2-16,28-29,33-37,44,47H,17-27H2,1H3,(H2,41,42,46)/t28-,29-,33-,34-,35+,36?,37?/m1/s1. The van der Waals surface area contributed by atoms with Crippen molar-refractivity contribution in [2.75, 3.05) is 13.2 Å². The van der Waals surface area contributed by atoms with Gasteiger partial charge in [0.15, 0.2) is 0 Å². The van der Waals surface area contributed by atoms with E-state index in [4.69, 9.17) is 4.74 Å². The minimum absolute atomic E-state index is 0.0873. The molecule has 256 valence electrons. The van der Waals surface area contributed by atoms with Gasteiger partial charge in [-0.1, -0.05) is 91.0 Å². The van der Waals surface area contributed by atoms with E-state index < -0.39 is 17.6 Å². The number of nitrogens with zero attached hydrogens (tertiary/aromatic N) is 1. The molecule has 3 aliphatic rings. The number of esters is 1. The van der Waals surface area contributed by atoms with Gasteiger partial charge in [0.1, 0.15) is 17.6 Å². The van der Waals surface area contributed by atoms with Crippen molar-refractivity contribution < 1.29 is 24.5 Å². The summed E-state index contributed by atoms with van der Waals surface area (Å²) in [6, 6.07) is 28.6. The fraction of sp³-hybridized carbons (Fsp3) is 0.500. The Morgan fingerprint density at radius 2 is 1.38 bits per heavy atom. The van der Waals surface area contributed by atoms with Crippen molar-refractivity contribution in [3.63, 3.8) is 0 Å². The van der Waals surface area contributed by atoms with Crippen LogP contribution in [-0.4, -0.2) is 70.5 Å². The molecule has 2 bridgehead atoms. The maximum Gasteiger partial charge on any atom is 0.316 e. The second-order valence-electron chi connectivity index (χ2n) is 14.1. The Morgan fingerprint density at radius 1 is 0.833 bits per heavy atom. The summed E-state index contributed by atoms with van der Waals surface area (Å²) >= 11 is 0. The zero-order chi connectivity index (χ0) is 33.5. The molecule has 2 heterocycles. The van der Waals surface area contributed by atoms with Gasteiger partial charge in [0.25, 0.3) is 0 Å². The number of carbonyl (C=O) groups excluding carboxylic acids is 2. The minimum Gasteiger partial charge on any atom is -0.462 e. The van der Waals surface area contributed by atoms with Gasteiger partial charge < -0.3 is 25.6 Å². The van der Waals surface area contributed by atoms with Crippen LogP contribution in [0.5, 0.6) is 0 Å². The summed E-state index contributed by atoms with van der Waals surface area (Å²) in [6.07, 6.45) is 9.16. The molecule has 8 heteroatoms. The average Bonchev–Trinajstić information content (AvgIpc) is 3.36. The van der Waals surface area contributed by atoms with Gasteiger partial charge in [-0.2, -0.15) is 0 Å². The highest BCUT2D eigenvalue weighted by Gasteiger charge is 2.43. The summed E-state index contributed by atoms with van der Waals surface area (Å²) in [5, 5.41) is 28.1. The molecule has 2 aliphatic heterocycles. The van der Waals surface area contributed by atoms with Crippen molar-refractivity contribution in [2.24, 2.45) is 5.92 Å². The van der Waals surface area contributed by atoms with E-state index in [1.54, 1.807) is 0 Å². The monoisotopic (exact) mass is 653 g/mol. The van der Waals surface area contributed by atoms with Gasteiger partial charge in [0.2, 0.25) is 0 Å². The highest BCUT2D eigenvalue weighted by molar-refractivity contribution is 5.78. The van der Waals surface area contributed by atoms with Crippen LogP contribution >= 0.6 is 0 Å². The van der Waals surface area contributed by atoms with Gasteiger partial charge in [0.05, 0.1) is 12.6 Å². The molecule has 8 nitrogen and oxygen atoms in total. The third kappa shape index (κ3) is 7.77. The number of hydrogen-bond donors (Lipinski definition) is 4. The number of hydrogen-bond acceptors (Lipinski definition) is 6. The van der Waals surface area contributed by atoms with Gasteiger partial charge in [-0.25, -0.2) is 4.79 Å². The van der Waals surface area contributed by atoms with E-state index in [0.717, 1.165) is 81.0 Å². The lowest BCUT2D eigenvalue weighted by Gasteiger charge is -2.40. The number of amides is 2. The van der Waals surface area contributed by atoms with Crippen LogP contribution in [0.25, 0.3) is 0 Å². The maximum atomic E-state index is 13.2. The van der Waals surface area contributed by atoms with Gasteiger partial charge in [-0.15, -0.1) is 0 Å². The zero-order valence-electron chi connectivity index (χ0n) is 28.0. The van der Waals surface area contributed by atoms with E-state index in [1.165, 1.54) is 0 Å². The molecule has 5 atom stereocenters. The highest BCUT2D eigenvalue weighted by atomic mass is 16.5. The molecule has 4 N–H and O–H groups in total. The quantitative estimate of drug-likeness (QED) is 0.182. The van der Waals surface area contributed by atoms with Gasteiger partial charge in [0, 0.05) is 31.0 Å². The van der Waals surface area contributed by atoms with E-state index in [2.05, 4.69) is 15.5 Å². The zero-order valence-corrected chi connectivity index (χ0v) is 28.0. The minimum atomic E-state index is -1.36. The second-order valence-corrected chi connectivity index (χ2v) is 14.1. The number of fused-ring (bicyclic) bond motifs is 2. The number of piperidine rings is 1. The highest BCUT2D eigenvalue weighted by Crippen LogP contribution is 2.39. The number of urea groups is 1. The second kappa shape index (κ2) is 15.7. The first-order valence-corrected chi connectivity index (χ1v) is 17.9. The number of aliphatic hydroxyl groups is 2. The normalized spacial score (nSPS) is 25.5. The van der Waals surface area contributed by atoms with Crippen molar-refractivity contribution in [3.8, 4) is 0 Å². The molecule has 3 aromatic rings. The fourth-order valence-corrected chi connectivity index (χ4v) is 8.44. The molecule has 0 radical (unpaired) electrons. The lowest BCUT2D eigenvalue weighted by molar-refractivity contribution is -0.155. The van der Waals surface area contributed by atoms with Crippen molar-refractivity contribution in [3.05, 3.63) is 108 Å². The summed E-state index contributed by atoms with van der Waals surface area (Å²) in [5.74, 6) is -0.316. The van der Waals surface area contributed by atoms with E-state index in [1.807, 2.05) is 97.9 Å². The molecule has 0 spiro atoms. The topological polar surface area (TPSA) is 111 Å². The van der Waals surface area contributed by atoms with Crippen LogP contribution in [0.2, 0.25) is 0 Å². The Labute approximate surface area is 284 Å². The number of nitrogens with one attached hydrogen (secondary N) is 2. The molecular weight excluding hydrogens is 602 g/mol. The first-order valence-electron chi connectivity index (χ1n) is 17.9. The SMILES string of the molecule is C[C@@H](NC(=O)N[C@H]1CC[C@H](CCN2[C@@H]3CC[C@H]2CC(OC(=O)C(CO)c2ccccc2)C3)CC1)C(O)(c1ccccc1)c1ccccc1. The molecule has 0 aromatic heterocycles. The van der Waals surface area contributed by atoms with Crippen LogP contribution < -0.4 is 10.6 Å². The molecule has 6 rings (SSSR count). The molecule has 3 aromatic carbocycles. The van der Waals surface area contributed by atoms with Crippen molar-refractivity contribution in [2.45, 2.75) is 107 Å². The molecule has 2 unspecified atom stereocenters. The lowest BCUT2D eigenvalue weighted by Crippen LogP contribution is -2.54. The molecule has 2 saturated heterocycles. The van der Waals surface area contributed by atoms with Crippen LogP contribution in [0.1, 0.15) is 87.3 Å². The Kier molecular flexibility index (Phi) is 11.1. The summed E-state index contributed by atoms with van der Waals surface area (Å²) in [5.41, 5.74) is 0.906. The van der Waals surface area contributed by atoms with E-state index >= 15 is 0 Å². The summed E-state index contributed by atoms with van der Waals surface area (Å²) < 4.78 is 5.97. The fourth-order valence-electron chi connectivity index (χ4n) is 8.44. The average molecular weight is 654 g/mol. The third-order valence-corrected chi connectivity index (χ3v) is 11.2. The molecule has 1 saturated carbocycles.